The highest BCUT2D eigenvalue weighted by Gasteiger charge is 2.13. The monoisotopic (exact) mass is 234 g/mol. The molecule has 0 unspecified atom stereocenters. The van der Waals surface area contributed by atoms with E-state index in [2.05, 4.69) is 29.2 Å². The first kappa shape index (κ1) is 13.5. The summed E-state index contributed by atoms with van der Waals surface area (Å²) in [6, 6.07) is 10.3. The van der Waals surface area contributed by atoms with Crippen molar-refractivity contribution < 1.29 is 0 Å². The molecule has 3 N–H and O–H groups in total. The molecule has 0 amide bonds. The normalized spacial score (nSPS) is 11.7. The molecule has 0 saturated heterocycles. The van der Waals surface area contributed by atoms with Crippen LogP contribution < -0.4 is 11.3 Å². The van der Waals surface area contributed by atoms with Gasteiger partial charge >= 0.3 is 0 Å². The van der Waals surface area contributed by atoms with Crippen LogP contribution in [-0.4, -0.2) is 23.9 Å². The van der Waals surface area contributed by atoms with Crippen molar-refractivity contribution >= 4 is 11.6 Å². The lowest BCUT2D eigenvalue weighted by Gasteiger charge is -2.28. The molecule has 0 aliphatic carbocycles. The Hall–Kier alpha value is -1.55. The second kappa shape index (κ2) is 6.91. The number of hydrogen-bond acceptors (Lipinski definition) is 2. The van der Waals surface area contributed by atoms with Crippen LogP contribution in [0.3, 0.4) is 0 Å². The number of aliphatic imine (C=N–C) groups is 1. The molecule has 1 aromatic carbocycles. The third-order valence-electron chi connectivity index (χ3n) is 2.94. The summed E-state index contributed by atoms with van der Waals surface area (Å²) in [6.07, 6.45) is 2.14. The SMILES string of the molecule is CCC(CC)N(C)C(=Nc1ccccc1)NN. The quantitative estimate of drug-likeness (QED) is 0.363. The third kappa shape index (κ3) is 3.75. The first-order valence-electron chi connectivity index (χ1n) is 6.06. The fraction of sp³-hybridized carbons (Fsp3) is 0.462. The van der Waals surface area contributed by atoms with Crippen molar-refractivity contribution in [2.75, 3.05) is 7.05 Å². The lowest BCUT2D eigenvalue weighted by Crippen LogP contribution is -2.47. The van der Waals surface area contributed by atoms with E-state index in [1.54, 1.807) is 0 Å². The van der Waals surface area contributed by atoms with Crippen molar-refractivity contribution in [3.63, 3.8) is 0 Å². The van der Waals surface area contributed by atoms with Crippen molar-refractivity contribution in [2.45, 2.75) is 32.7 Å². The Bertz CT molecular complexity index is 344. The van der Waals surface area contributed by atoms with Crippen LogP contribution >= 0.6 is 0 Å². The predicted molar refractivity (Wildman–Crippen MR) is 73.0 cm³/mol. The predicted octanol–water partition coefficient (Wildman–Crippen LogP) is 2.26. The molecule has 0 aliphatic rings. The minimum absolute atomic E-state index is 0.452. The number of para-hydroxylation sites is 1. The van der Waals surface area contributed by atoms with E-state index in [-0.39, 0.29) is 0 Å². The van der Waals surface area contributed by atoms with Gasteiger partial charge in [-0.1, -0.05) is 32.0 Å². The lowest BCUT2D eigenvalue weighted by atomic mass is 10.1. The molecule has 0 bridgehead atoms. The molecule has 0 radical (unpaired) electrons. The van der Waals surface area contributed by atoms with Gasteiger partial charge in [-0.2, -0.15) is 0 Å². The van der Waals surface area contributed by atoms with Crippen LogP contribution in [0.25, 0.3) is 0 Å². The van der Waals surface area contributed by atoms with Gasteiger partial charge in [0, 0.05) is 13.1 Å². The van der Waals surface area contributed by atoms with Gasteiger partial charge in [0.2, 0.25) is 5.96 Å². The fourth-order valence-corrected chi connectivity index (χ4v) is 1.85. The molecule has 0 aromatic heterocycles. The first-order chi connectivity index (χ1) is 8.22. The van der Waals surface area contributed by atoms with E-state index in [0.717, 1.165) is 18.5 Å². The number of rotatable bonds is 4. The molecule has 1 rings (SSSR count). The summed E-state index contributed by atoms with van der Waals surface area (Å²) in [5, 5.41) is 0. The number of guanidine groups is 1. The second-order valence-electron chi connectivity index (χ2n) is 4.00. The molecule has 0 atom stereocenters. The molecule has 17 heavy (non-hydrogen) atoms. The van der Waals surface area contributed by atoms with Crippen LogP contribution in [0.1, 0.15) is 26.7 Å². The zero-order valence-electron chi connectivity index (χ0n) is 10.9. The van der Waals surface area contributed by atoms with E-state index in [4.69, 9.17) is 5.84 Å². The minimum Gasteiger partial charge on any atom is -0.342 e. The average molecular weight is 234 g/mol. The molecule has 0 aliphatic heterocycles. The fourth-order valence-electron chi connectivity index (χ4n) is 1.85. The van der Waals surface area contributed by atoms with E-state index < -0.39 is 0 Å². The molecular formula is C13H22N4. The van der Waals surface area contributed by atoms with Gasteiger partial charge in [0.1, 0.15) is 0 Å². The zero-order chi connectivity index (χ0) is 12.7. The van der Waals surface area contributed by atoms with Crippen molar-refractivity contribution in [3.05, 3.63) is 30.3 Å². The van der Waals surface area contributed by atoms with Crippen LogP contribution in [0.15, 0.2) is 35.3 Å². The summed E-state index contributed by atoms with van der Waals surface area (Å²) in [6.45, 7) is 4.34. The smallest absolute Gasteiger partial charge is 0.213 e. The Morgan fingerprint density at radius 1 is 1.29 bits per heavy atom. The van der Waals surface area contributed by atoms with Gasteiger partial charge in [-0.15, -0.1) is 0 Å². The molecule has 4 heteroatoms. The van der Waals surface area contributed by atoms with Crippen LogP contribution in [0, 0.1) is 0 Å². The summed E-state index contributed by atoms with van der Waals surface area (Å²) >= 11 is 0. The molecule has 0 heterocycles. The Morgan fingerprint density at radius 3 is 2.35 bits per heavy atom. The summed E-state index contributed by atoms with van der Waals surface area (Å²) in [4.78, 5) is 6.59. The van der Waals surface area contributed by atoms with Gasteiger partial charge in [-0.3, -0.25) is 5.43 Å². The van der Waals surface area contributed by atoms with Crippen molar-refractivity contribution in [1.82, 2.24) is 10.3 Å². The Balaban J connectivity index is 2.87. The Labute approximate surface area is 104 Å². The van der Waals surface area contributed by atoms with E-state index in [1.165, 1.54) is 0 Å². The van der Waals surface area contributed by atoms with E-state index in [9.17, 15) is 0 Å². The van der Waals surface area contributed by atoms with Gasteiger partial charge in [0.05, 0.1) is 5.69 Å². The number of nitrogens with zero attached hydrogens (tertiary/aromatic N) is 2. The van der Waals surface area contributed by atoms with E-state index in [0.29, 0.717) is 12.0 Å². The van der Waals surface area contributed by atoms with Gasteiger partial charge in [-0.25, -0.2) is 10.8 Å². The standard InChI is InChI=1S/C13H22N4/c1-4-12(5-2)17(3)13(16-14)15-11-9-7-6-8-10-11/h6-10,12H,4-5,14H2,1-3H3,(H,15,16). The van der Waals surface area contributed by atoms with Crippen LogP contribution in [0.2, 0.25) is 0 Å². The number of nitrogens with one attached hydrogen (secondary N) is 1. The second-order valence-corrected chi connectivity index (χ2v) is 4.00. The highest BCUT2D eigenvalue weighted by atomic mass is 15.4. The Kier molecular flexibility index (Phi) is 5.49. The van der Waals surface area contributed by atoms with Gasteiger partial charge < -0.3 is 4.90 Å². The number of hydrogen-bond donors (Lipinski definition) is 2. The van der Waals surface area contributed by atoms with E-state index >= 15 is 0 Å². The average Bonchev–Trinajstić information content (AvgIpc) is 2.38. The highest BCUT2D eigenvalue weighted by molar-refractivity contribution is 5.82. The summed E-state index contributed by atoms with van der Waals surface area (Å²) in [5.74, 6) is 6.25. The van der Waals surface area contributed by atoms with Crippen molar-refractivity contribution in [1.29, 1.82) is 0 Å². The topological polar surface area (TPSA) is 53.6 Å². The Morgan fingerprint density at radius 2 is 1.88 bits per heavy atom. The maximum atomic E-state index is 5.55. The van der Waals surface area contributed by atoms with Crippen LogP contribution in [0.4, 0.5) is 5.69 Å². The highest BCUT2D eigenvalue weighted by Crippen LogP contribution is 2.12. The number of hydrazine groups is 1. The van der Waals surface area contributed by atoms with Crippen molar-refractivity contribution in [3.8, 4) is 0 Å². The maximum absolute atomic E-state index is 5.55. The van der Waals surface area contributed by atoms with E-state index in [1.807, 2.05) is 37.4 Å². The lowest BCUT2D eigenvalue weighted by molar-refractivity contribution is 0.335. The largest absolute Gasteiger partial charge is 0.342 e. The van der Waals surface area contributed by atoms with Crippen molar-refractivity contribution in [2.24, 2.45) is 10.8 Å². The minimum atomic E-state index is 0.452. The molecule has 0 fully saturated rings. The molecule has 4 nitrogen and oxygen atoms in total. The maximum Gasteiger partial charge on any atom is 0.213 e. The third-order valence-corrected chi connectivity index (χ3v) is 2.94. The number of benzene rings is 1. The van der Waals surface area contributed by atoms with Crippen LogP contribution in [-0.2, 0) is 0 Å². The number of nitrogens with two attached hydrogens (primary N) is 1. The molecular weight excluding hydrogens is 212 g/mol. The van der Waals surface area contributed by atoms with Gasteiger partial charge in [0.25, 0.3) is 0 Å². The van der Waals surface area contributed by atoms with Gasteiger partial charge in [-0.05, 0) is 25.0 Å². The molecule has 94 valence electrons. The summed E-state index contributed by atoms with van der Waals surface area (Å²) < 4.78 is 0. The molecule has 0 saturated carbocycles. The first-order valence-corrected chi connectivity index (χ1v) is 6.06. The molecule has 1 aromatic rings. The zero-order valence-corrected chi connectivity index (χ0v) is 10.9. The molecule has 0 spiro atoms. The van der Waals surface area contributed by atoms with Crippen LogP contribution in [0.5, 0.6) is 0 Å². The van der Waals surface area contributed by atoms with Gasteiger partial charge in [0.15, 0.2) is 0 Å². The summed E-state index contributed by atoms with van der Waals surface area (Å²) in [5.41, 5.74) is 3.58. The summed E-state index contributed by atoms with van der Waals surface area (Å²) in [7, 11) is 2.01.